The summed E-state index contributed by atoms with van der Waals surface area (Å²) in [6, 6.07) is 1.44. The molecule has 0 amide bonds. The van der Waals surface area contributed by atoms with E-state index in [1.54, 1.807) is 6.92 Å². The third kappa shape index (κ3) is 4.44. The fraction of sp³-hybridized carbons (Fsp3) is 0.636. The number of alkyl halides is 3. The molecule has 0 aromatic carbocycles. The molecule has 0 aliphatic heterocycles. The predicted molar refractivity (Wildman–Crippen MR) is 72.3 cm³/mol. The number of nitrogens with zero attached hydrogens (tertiary/aromatic N) is 1. The van der Waals surface area contributed by atoms with Crippen molar-refractivity contribution < 1.29 is 21.6 Å². The lowest BCUT2D eigenvalue weighted by Gasteiger charge is -2.18. The SMILES string of the molecule is CCNCc1cc(S(=O)(=O)N(C)CC(F)(F)F)c(C)s1. The van der Waals surface area contributed by atoms with E-state index in [4.69, 9.17) is 0 Å². The largest absolute Gasteiger partial charge is 0.402 e. The highest BCUT2D eigenvalue weighted by Crippen LogP contribution is 2.29. The van der Waals surface area contributed by atoms with Crippen molar-refractivity contribution in [2.75, 3.05) is 20.1 Å². The highest BCUT2D eigenvalue weighted by molar-refractivity contribution is 7.89. The van der Waals surface area contributed by atoms with Crippen LogP contribution in [0.25, 0.3) is 0 Å². The molecule has 0 unspecified atom stereocenters. The first kappa shape index (κ1) is 17.4. The first-order valence-corrected chi connectivity index (χ1v) is 8.16. The second kappa shape index (κ2) is 6.42. The van der Waals surface area contributed by atoms with E-state index >= 15 is 0 Å². The molecule has 1 N–H and O–H groups in total. The maximum absolute atomic E-state index is 12.3. The molecule has 116 valence electrons. The molecule has 1 heterocycles. The van der Waals surface area contributed by atoms with Gasteiger partial charge >= 0.3 is 6.18 Å². The van der Waals surface area contributed by atoms with Gasteiger partial charge in [0.2, 0.25) is 10.0 Å². The molecule has 0 bridgehead atoms. The van der Waals surface area contributed by atoms with E-state index < -0.39 is 22.7 Å². The average Bonchev–Trinajstić information content (AvgIpc) is 2.66. The molecule has 1 rings (SSSR count). The van der Waals surface area contributed by atoms with Crippen LogP contribution in [0.5, 0.6) is 0 Å². The number of rotatable bonds is 6. The van der Waals surface area contributed by atoms with E-state index in [0.29, 0.717) is 15.7 Å². The number of hydrogen-bond acceptors (Lipinski definition) is 4. The summed E-state index contributed by atoms with van der Waals surface area (Å²) in [7, 11) is -3.18. The maximum atomic E-state index is 12.3. The van der Waals surface area contributed by atoms with Gasteiger partial charge in [0.25, 0.3) is 0 Å². The molecule has 4 nitrogen and oxygen atoms in total. The van der Waals surface area contributed by atoms with E-state index in [-0.39, 0.29) is 4.90 Å². The summed E-state index contributed by atoms with van der Waals surface area (Å²) < 4.78 is 61.5. The lowest BCUT2D eigenvalue weighted by atomic mass is 10.4. The first-order chi connectivity index (χ1) is 9.08. The summed E-state index contributed by atoms with van der Waals surface area (Å²) in [4.78, 5) is 1.22. The van der Waals surface area contributed by atoms with Crippen molar-refractivity contribution in [2.24, 2.45) is 0 Å². The number of sulfonamides is 1. The van der Waals surface area contributed by atoms with Crippen molar-refractivity contribution in [1.29, 1.82) is 0 Å². The lowest BCUT2D eigenvalue weighted by Crippen LogP contribution is -2.35. The van der Waals surface area contributed by atoms with Crippen molar-refractivity contribution in [3.63, 3.8) is 0 Å². The second-order valence-electron chi connectivity index (χ2n) is 4.29. The molecular weight excluding hydrogens is 313 g/mol. The van der Waals surface area contributed by atoms with Crippen LogP contribution >= 0.6 is 11.3 Å². The normalized spacial score (nSPS) is 13.2. The molecule has 0 aliphatic carbocycles. The fourth-order valence-corrected chi connectivity index (χ4v) is 4.35. The van der Waals surface area contributed by atoms with Crippen LogP contribution in [-0.2, 0) is 16.6 Å². The zero-order chi connectivity index (χ0) is 15.6. The van der Waals surface area contributed by atoms with Gasteiger partial charge in [-0.2, -0.15) is 17.5 Å². The van der Waals surface area contributed by atoms with Gasteiger partial charge in [-0.1, -0.05) is 6.92 Å². The van der Waals surface area contributed by atoms with E-state index in [2.05, 4.69) is 5.32 Å². The van der Waals surface area contributed by atoms with Crippen LogP contribution in [0.4, 0.5) is 13.2 Å². The highest BCUT2D eigenvalue weighted by Gasteiger charge is 2.35. The minimum atomic E-state index is -4.56. The molecular formula is C11H17F3N2O2S2. The lowest BCUT2D eigenvalue weighted by molar-refractivity contribution is -0.134. The molecule has 20 heavy (non-hydrogen) atoms. The van der Waals surface area contributed by atoms with Gasteiger partial charge in [-0.05, 0) is 19.5 Å². The van der Waals surface area contributed by atoms with Crippen molar-refractivity contribution in [2.45, 2.75) is 31.5 Å². The summed E-state index contributed by atoms with van der Waals surface area (Å²) >= 11 is 1.27. The molecule has 0 fully saturated rings. The Morgan fingerprint density at radius 1 is 1.40 bits per heavy atom. The Labute approximate surface area is 120 Å². The zero-order valence-electron chi connectivity index (χ0n) is 11.4. The van der Waals surface area contributed by atoms with Crippen LogP contribution < -0.4 is 5.32 Å². The van der Waals surface area contributed by atoms with Gasteiger partial charge in [0.05, 0.1) is 4.90 Å². The minimum Gasteiger partial charge on any atom is -0.312 e. The number of nitrogens with one attached hydrogen (secondary N) is 1. The maximum Gasteiger partial charge on any atom is 0.402 e. The monoisotopic (exact) mass is 330 g/mol. The number of thiophene rings is 1. The van der Waals surface area contributed by atoms with Crippen LogP contribution in [0.15, 0.2) is 11.0 Å². The molecule has 1 aromatic heterocycles. The average molecular weight is 330 g/mol. The van der Waals surface area contributed by atoms with Gasteiger partial charge in [0, 0.05) is 23.3 Å². The van der Waals surface area contributed by atoms with Crippen molar-refractivity contribution in [1.82, 2.24) is 9.62 Å². The topological polar surface area (TPSA) is 49.4 Å². The minimum absolute atomic E-state index is 0.0536. The van der Waals surface area contributed by atoms with E-state index in [1.807, 2.05) is 6.92 Å². The Morgan fingerprint density at radius 2 is 2.00 bits per heavy atom. The molecule has 0 aliphatic rings. The number of halogens is 3. The third-order valence-corrected chi connectivity index (χ3v) is 5.67. The molecule has 0 radical (unpaired) electrons. The second-order valence-corrected chi connectivity index (χ2v) is 7.64. The predicted octanol–water partition coefficient (Wildman–Crippen LogP) is 2.35. The van der Waals surface area contributed by atoms with Gasteiger partial charge in [0.15, 0.2) is 0 Å². The fourth-order valence-electron chi connectivity index (χ4n) is 1.62. The van der Waals surface area contributed by atoms with Gasteiger partial charge in [-0.15, -0.1) is 11.3 Å². The van der Waals surface area contributed by atoms with Gasteiger partial charge < -0.3 is 5.32 Å². The number of hydrogen-bond donors (Lipinski definition) is 1. The Balaban J connectivity index is 3.00. The van der Waals surface area contributed by atoms with Crippen molar-refractivity contribution in [3.8, 4) is 0 Å². The van der Waals surface area contributed by atoms with Gasteiger partial charge in [0.1, 0.15) is 6.54 Å². The summed E-state index contributed by atoms with van der Waals surface area (Å²) in [6.07, 6.45) is -4.56. The molecule has 0 atom stereocenters. The van der Waals surface area contributed by atoms with Gasteiger partial charge in [-0.25, -0.2) is 8.42 Å². The van der Waals surface area contributed by atoms with Crippen LogP contribution in [0.2, 0.25) is 0 Å². The summed E-state index contributed by atoms with van der Waals surface area (Å²) in [5.41, 5.74) is 0. The standard InChI is InChI=1S/C11H17F3N2O2S2/c1-4-15-6-9-5-10(8(2)19-9)20(17,18)16(3)7-11(12,13)14/h5,15H,4,6-7H2,1-3H3. The number of aryl methyl sites for hydroxylation is 1. The molecule has 9 heteroatoms. The molecule has 0 saturated carbocycles. The van der Waals surface area contributed by atoms with Crippen molar-refractivity contribution >= 4 is 21.4 Å². The van der Waals surface area contributed by atoms with Crippen LogP contribution in [0.3, 0.4) is 0 Å². The van der Waals surface area contributed by atoms with E-state index in [9.17, 15) is 21.6 Å². The first-order valence-electron chi connectivity index (χ1n) is 5.91. The Kier molecular flexibility index (Phi) is 5.59. The molecule has 0 spiro atoms. The quantitative estimate of drug-likeness (QED) is 0.871. The molecule has 1 aromatic rings. The van der Waals surface area contributed by atoms with Crippen LogP contribution in [0.1, 0.15) is 16.7 Å². The van der Waals surface area contributed by atoms with E-state index in [1.165, 1.54) is 17.4 Å². The Morgan fingerprint density at radius 3 is 2.50 bits per heavy atom. The van der Waals surface area contributed by atoms with Crippen LogP contribution in [0, 0.1) is 6.92 Å². The Bertz CT molecular complexity index is 553. The summed E-state index contributed by atoms with van der Waals surface area (Å²) in [5.74, 6) is 0. The van der Waals surface area contributed by atoms with E-state index in [0.717, 1.165) is 18.5 Å². The zero-order valence-corrected chi connectivity index (χ0v) is 13.0. The van der Waals surface area contributed by atoms with Gasteiger partial charge in [-0.3, -0.25) is 0 Å². The summed E-state index contributed by atoms with van der Waals surface area (Å²) in [5, 5.41) is 3.05. The Hall–Kier alpha value is -0.640. The smallest absolute Gasteiger partial charge is 0.312 e. The van der Waals surface area contributed by atoms with Crippen molar-refractivity contribution in [3.05, 3.63) is 15.8 Å². The summed E-state index contributed by atoms with van der Waals surface area (Å²) in [6.45, 7) is 3.24. The highest BCUT2D eigenvalue weighted by atomic mass is 32.2. The van der Waals surface area contributed by atoms with Crippen LogP contribution in [-0.4, -0.2) is 39.0 Å². The molecule has 0 saturated heterocycles. The third-order valence-electron chi connectivity index (χ3n) is 2.56.